The van der Waals surface area contributed by atoms with E-state index >= 15 is 0 Å². The molecular weight excluding hydrogens is 564 g/mol. The lowest BCUT2D eigenvalue weighted by Crippen LogP contribution is -2.07. The molecular formula is C14H6N10O16. The van der Waals surface area contributed by atoms with Gasteiger partial charge in [0, 0.05) is 0 Å². The van der Waals surface area contributed by atoms with Gasteiger partial charge in [-0.05, 0) is 13.8 Å². The van der Waals surface area contributed by atoms with Gasteiger partial charge in [-0.2, -0.15) is 0 Å². The van der Waals surface area contributed by atoms with E-state index in [4.69, 9.17) is 0 Å². The summed E-state index contributed by atoms with van der Waals surface area (Å²) in [7, 11) is 0. The molecule has 0 aliphatic carbocycles. The van der Waals surface area contributed by atoms with E-state index in [1.165, 1.54) is 0 Å². The molecule has 26 heteroatoms. The average molecular weight is 570 g/mol. The Bertz CT molecular complexity index is 1420. The van der Waals surface area contributed by atoms with E-state index in [1.807, 2.05) is 0 Å². The van der Waals surface area contributed by atoms with Crippen molar-refractivity contribution in [2.45, 2.75) is 13.8 Å². The molecule has 0 fully saturated rings. The molecule has 0 aromatic heterocycles. The summed E-state index contributed by atoms with van der Waals surface area (Å²) in [5, 5.41) is 98.3. The Morgan fingerprint density at radius 2 is 0.500 bits per heavy atom. The Morgan fingerprint density at radius 3 is 0.625 bits per heavy atom. The van der Waals surface area contributed by atoms with Crippen LogP contribution >= 0.6 is 0 Å². The monoisotopic (exact) mass is 570 g/mol. The largest absolute Gasteiger partial charge is 0.381 e. The Balaban J connectivity index is 3.37. The van der Waals surface area contributed by atoms with Gasteiger partial charge in [-0.1, -0.05) is 0 Å². The van der Waals surface area contributed by atoms with Gasteiger partial charge >= 0.3 is 45.5 Å². The topological polar surface area (TPSA) is 370 Å². The molecule has 2 aromatic rings. The Kier molecular flexibility index (Phi) is 7.60. The summed E-state index contributed by atoms with van der Waals surface area (Å²) in [6.45, 7) is 1.05. The molecule has 0 amide bonds. The van der Waals surface area contributed by atoms with Crippen molar-refractivity contribution in [1.82, 2.24) is 0 Å². The predicted octanol–water partition coefficient (Wildman–Crippen LogP) is 3.98. The zero-order valence-electron chi connectivity index (χ0n) is 19.0. The third-order valence-corrected chi connectivity index (χ3v) is 4.93. The Labute approximate surface area is 213 Å². The number of rotatable bonds is 10. The van der Waals surface area contributed by atoms with Crippen LogP contribution in [0.15, 0.2) is 10.2 Å². The van der Waals surface area contributed by atoms with Gasteiger partial charge in [-0.15, -0.1) is 10.2 Å². The van der Waals surface area contributed by atoms with Gasteiger partial charge in [-0.25, -0.2) is 0 Å². The molecule has 40 heavy (non-hydrogen) atoms. The summed E-state index contributed by atoms with van der Waals surface area (Å²) >= 11 is 0. The van der Waals surface area contributed by atoms with Crippen LogP contribution in [0.5, 0.6) is 0 Å². The molecule has 0 saturated heterocycles. The first kappa shape index (κ1) is 29.5. The molecule has 0 spiro atoms. The molecule has 0 bridgehead atoms. The molecule has 0 heterocycles. The molecule has 0 radical (unpaired) electrons. The van der Waals surface area contributed by atoms with Crippen LogP contribution in [0.4, 0.5) is 56.9 Å². The minimum absolute atomic E-state index is 0.527. The van der Waals surface area contributed by atoms with Gasteiger partial charge in [0.15, 0.2) is 0 Å². The number of nitrogens with zero attached hydrogens (tertiary/aromatic N) is 10. The average Bonchev–Trinajstić information content (AvgIpc) is 2.80. The van der Waals surface area contributed by atoms with Gasteiger partial charge in [0.1, 0.15) is 11.1 Å². The van der Waals surface area contributed by atoms with Crippen molar-refractivity contribution in [1.29, 1.82) is 0 Å². The zero-order valence-corrected chi connectivity index (χ0v) is 19.0. The number of nitro groups is 8. The van der Waals surface area contributed by atoms with Gasteiger partial charge in [-0.3, -0.25) is 80.9 Å². The fourth-order valence-corrected chi connectivity index (χ4v) is 3.48. The van der Waals surface area contributed by atoms with Crippen LogP contribution < -0.4 is 0 Å². The highest BCUT2D eigenvalue weighted by molar-refractivity contribution is 5.89. The van der Waals surface area contributed by atoms with Crippen LogP contribution in [0.25, 0.3) is 0 Å². The highest BCUT2D eigenvalue weighted by atomic mass is 16.7. The fraction of sp³-hybridized carbons (Fsp3) is 0.143. The fourth-order valence-electron chi connectivity index (χ4n) is 3.48. The van der Waals surface area contributed by atoms with E-state index in [1.54, 1.807) is 0 Å². The second kappa shape index (κ2) is 10.3. The number of hydrogen-bond donors (Lipinski definition) is 0. The summed E-state index contributed by atoms with van der Waals surface area (Å²) < 4.78 is 0. The predicted molar refractivity (Wildman–Crippen MR) is 120 cm³/mol. The quantitative estimate of drug-likeness (QED) is 0.221. The molecule has 26 nitrogen and oxygen atoms in total. The van der Waals surface area contributed by atoms with Crippen LogP contribution in [-0.4, -0.2) is 39.4 Å². The first-order valence-electron chi connectivity index (χ1n) is 9.36. The summed E-state index contributed by atoms with van der Waals surface area (Å²) in [6.07, 6.45) is 0. The van der Waals surface area contributed by atoms with Gasteiger partial charge in [0.2, 0.25) is 0 Å². The normalized spacial score (nSPS) is 10.8. The number of hydrogen-bond acceptors (Lipinski definition) is 18. The third-order valence-electron chi connectivity index (χ3n) is 4.93. The smallest absolute Gasteiger partial charge is 0.258 e. The van der Waals surface area contributed by atoms with Crippen LogP contribution in [-0.2, 0) is 0 Å². The van der Waals surface area contributed by atoms with Gasteiger partial charge in [0.05, 0.1) is 39.4 Å². The minimum atomic E-state index is -1.94. The van der Waals surface area contributed by atoms with E-state index in [9.17, 15) is 80.9 Å². The van der Waals surface area contributed by atoms with E-state index in [-0.39, 0.29) is 0 Å². The van der Waals surface area contributed by atoms with Crippen LogP contribution in [0, 0.1) is 94.8 Å². The first-order chi connectivity index (χ1) is 18.4. The van der Waals surface area contributed by atoms with E-state index < -0.39 is 107 Å². The molecule has 0 unspecified atom stereocenters. The maximum absolute atomic E-state index is 11.7. The van der Waals surface area contributed by atoms with Gasteiger partial charge < -0.3 is 0 Å². The number of benzene rings is 2. The van der Waals surface area contributed by atoms with E-state index in [0.717, 1.165) is 0 Å². The Hall–Kier alpha value is -6.76. The van der Waals surface area contributed by atoms with Crippen molar-refractivity contribution in [3.63, 3.8) is 0 Å². The lowest BCUT2D eigenvalue weighted by Gasteiger charge is -2.06. The van der Waals surface area contributed by atoms with Crippen LogP contribution in [0.3, 0.4) is 0 Å². The van der Waals surface area contributed by atoms with Crippen molar-refractivity contribution < 1.29 is 39.4 Å². The second-order valence-corrected chi connectivity index (χ2v) is 6.99. The standard InChI is InChI=1S/C14H6N10O16/c1-3-7(17(25)26)11(21(33)34)5(12(22(35)36)8(3)18(27)28)15-16-6-13(23(37)38)9(19(29)30)4(2)10(20(31)32)14(6)24(39)40/h1-2H3. The van der Waals surface area contributed by atoms with E-state index in [0.29, 0.717) is 13.8 Å². The number of azo groups is 1. The third kappa shape index (κ3) is 4.67. The molecule has 0 N–H and O–H groups in total. The molecule has 208 valence electrons. The Morgan fingerprint density at radius 1 is 0.350 bits per heavy atom. The second-order valence-electron chi connectivity index (χ2n) is 6.99. The van der Waals surface area contributed by atoms with Crippen molar-refractivity contribution in [2.75, 3.05) is 0 Å². The molecule has 2 rings (SSSR count). The minimum Gasteiger partial charge on any atom is -0.258 e. The summed E-state index contributed by atoms with van der Waals surface area (Å²) in [4.78, 5) is 79.6. The van der Waals surface area contributed by atoms with Gasteiger partial charge in [0.25, 0.3) is 11.4 Å². The summed E-state index contributed by atoms with van der Waals surface area (Å²) in [5.41, 5.74) is -21.0. The van der Waals surface area contributed by atoms with Crippen molar-refractivity contribution in [3.05, 3.63) is 92.0 Å². The molecule has 0 aliphatic rings. The number of nitro benzene ring substituents is 8. The first-order valence-corrected chi connectivity index (χ1v) is 9.36. The maximum atomic E-state index is 11.7. The van der Waals surface area contributed by atoms with Crippen LogP contribution in [0.2, 0.25) is 0 Å². The van der Waals surface area contributed by atoms with Crippen molar-refractivity contribution in [3.8, 4) is 0 Å². The molecule has 0 atom stereocenters. The zero-order chi connectivity index (χ0) is 31.0. The van der Waals surface area contributed by atoms with E-state index in [2.05, 4.69) is 10.2 Å². The summed E-state index contributed by atoms with van der Waals surface area (Å²) in [6, 6.07) is 0. The highest BCUT2D eigenvalue weighted by Crippen LogP contribution is 2.55. The van der Waals surface area contributed by atoms with Crippen LogP contribution in [0.1, 0.15) is 11.1 Å². The SMILES string of the molecule is Cc1c([N+](=O)[O-])c([N+](=O)[O-])c(N=Nc2c([N+](=O)[O-])c([N+](=O)[O-])c(C)c([N+](=O)[O-])c2[N+](=O)[O-])c([N+](=O)[O-])c1[N+](=O)[O-]. The lowest BCUT2D eigenvalue weighted by atomic mass is 10.1. The lowest BCUT2D eigenvalue weighted by molar-refractivity contribution is -0.434. The molecule has 2 aromatic carbocycles. The van der Waals surface area contributed by atoms with Crippen molar-refractivity contribution in [2.24, 2.45) is 10.2 Å². The molecule has 0 aliphatic heterocycles. The molecule has 0 saturated carbocycles. The maximum Gasteiger partial charge on any atom is 0.381 e. The van der Waals surface area contributed by atoms with Crippen molar-refractivity contribution >= 4 is 56.9 Å². The summed E-state index contributed by atoms with van der Waals surface area (Å²) in [5.74, 6) is 0. The highest BCUT2D eigenvalue weighted by Gasteiger charge is 2.49.